The van der Waals surface area contributed by atoms with Crippen LogP contribution < -0.4 is 0 Å². The fourth-order valence-electron chi connectivity index (χ4n) is 1.92. The summed E-state index contributed by atoms with van der Waals surface area (Å²) in [5.41, 5.74) is 0.862. The van der Waals surface area contributed by atoms with Gasteiger partial charge in [0.15, 0.2) is 0 Å². The highest BCUT2D eigenvalue weighted by molar-refractivity contribution is 7.10. The first-order valence-corrected chi connectivity index (χ1v) is 7.01. The van der Waals surface area contributed by atoms with E-state index in [2.05, 4.69) is 11.8 Å². The third-order valence-electron chi connectivity index (χ3n) is 2.91. The van der Waals surface area contributed by atoms with E-state index >= 15 is 0 Å². The number of hydrogen-bond donors (Lipinski definition) is 1. The van der Waals surface area contributed by atoms with Crippen molar-refractivity contribution in [2.24, 2.45) is 5.92 Å². The highest BCUT2D eigenvalue weighted by atomic mass is 32.1. The van der Waals surface area contributed by atoms with Gasteiger partial charge in [0, 0.05) is 34.6 Å². The van der Waals surface area contributed by atoms with Gasteiger partial charge in [-0.15, -0.1) is 11.3 Å². The second-order valence-corrected chi connectivity index (χ2v) is 5.50. The molecule has 100 valence electrons. The van der Waals surface area contributed by atoms with E-state index in [9.17, 15) is 9.59 Å². The van der Waals surface area contributed by atoms with Crippen LogP contribution >= 0.6 is 11.3 Å². The molecule has 4 nitrogen and oxygen atoms in total. The molecule has 0 radical (unpaired) electrons. The fourth-order valence-corrected chi connectivity index (χ4v) is 2.72. The van der Waals surface area contributed by atoms with Crippen LogP contribution in [0.15, 0.2) is 11.4 Å². The molecule has 1 atom stereocenters. The van der Waals surface area contributed by atoms with Crippen molar-refractivity contribution in [3.63, 3.8) is 0 Å². The summed E-state index contributed by atoms with van der Waals surface area (Å²) in [4.78, 5) is 25.7. The molecular weight excluding hydrogens is 262 g/mol. The number of likely N-dealkylation sites (tertiary alicyclic amines) is 1. The largest absolute Gasteiger partial charge is 0.395 e. The van der Waals surface area contributed by atoms with Crippen molar-refractivity contribution in [3.8, 4) is 11.8 Å². The molecule has 2 heterocycles. The predicted molar refractivity (Wildman–Crippen MR) is 72.2 cm³/mol. The first-order valence-electron chi connectivity index (χ1n) is 6.13. The van der Waals surface area contributed by atoms with Crippen molar-refractivity contribution in [2.45, 2.75) is 26.3 Å². The minimum absolute atomic E-state index is 0.0542. The minimum atomic E-state index is -0.198. The van der Waals surface area contributed by atoms with E-state index in [1.165, 1.54) is 16.2 Å². The smallest absolute Gasteiger partial charge is 0.232 e. The zero-order valence-electron chi connectivity index (χ0n) is 10.7. The number of nitrogens with zero attached hydrogens (tertiary/aromatic N) is 1. The lowest BCUT2D eigenvalue weighted by Gasteiger charge is -2.12. The number of hydrogen-bond acceptors (Lipinski definition) is 4. The van der Waals surface area contributed by atoms with Crippen LogP contribution in [0.3, 0.4) is 0 Å². The lowest BCUT2D eigenvalue weighted by Crippen LogP contribution is -2.29. The Morgan fingerprint density at radius 3 is 2.95 bits per heavy atom. The molecule has 0 aromatic carbocycles. The van der Waals surface area contributed by atoms with Gasteiger partial charge in [0.2, 0.25) is 11.8 Å². The number of carbonyl (C=O) groups excluding carboxylic acids is 2. The van der Waals surface area contributed by atoms with Gasteiger partial charge in [-0.25, -0.2) is 0 Å². The molecule has 0 spiro atoms. The number of rotatable bonds is 3. The van der Waals surface area contributed by atoms with Gasteiger partial charge in [0.25, 0.3) is 0 Å². The zero-order chi connectivity index (χ0) is 13.8. The summed E-state index contributed by atoms with van der Waals surface area (Å²) in [5, 5.41) is 10.5. The molecule has 0 saturated carbocycles. The maximum atomic E-state index is 11.8. The zero-order valence-corrected chi connectivity index (χ0v) is 11.5. The summed E-state index contributed by atoms with van der Waals surface area (Å²) in [6.45, 7) is 2.17. The van der Waals surface area contributed by atoms with Crippen molar-refractivity contribution in [3.05, 3.63) is 21.9 Å². The van der Waals surface area contributed by atoms with E-state index in [0.29, 0.717) is 19.4 Å². The van der Waals surface area contributed by atoms with Gasteiger partial charge in [-0.1, -0.05) is 18.8 Å². The highest BCUT2D eigenvalue weighted by Gasteiger charge is 2.35. The Bertz CT molecular complexity index is 553. The van der Waals surface area contributed by atoms with Crippen LogP contribution in [0.1, 0.15) is 30.2 Å². The van der Waals surface area contributed by atoms with Gasteiger partial charge < -0.3 is 5.11 Å². The summed E-state index contributed by atoms with van der Waals surface area (Å²) in [6.07, 6.45) is 0.763. The van der Waals surface area contributed by atoms with Crippen LogP contribution in [-0.2, 0) is 16.1 Å². The van der Waals surface area contributed by atoms with Gasteiger partial charge in [0.05, 0.1) is 13.2 Å². The second kappa shape index (κ2) is 6.00. The van der Waals surface area contributed by atoms with Gasteiger partial charge in [-0.05, 0) is 6.07 Å². The number of aliphatic hydroxyl groups is 1. The van der Waals surface area contributed by atoms with Gasteiger partial charge in [0.1, 0.15) is 0 Å². The number of thiophene rings is 1. The highest BCUT2D eigenvalue weighted by Crippen LogP contribution is 2.23. The molecular formula is C14H15NO3S. The molecule has 2 rings (SSSR count). The van der Waals surface area contributed by atoms with E-state index in [4.69, 9.17) is 5.11 Å². The van der Waals surface area contributed by atoms with Gasteiger partial charge >= 0.3 is 0 Å². The third-order valence-corrected chi connectivity index (χ3v) is 3.83. The molecule has 2 amide bonds. The Hall–Kier alpha value is -1.64. The topological polar surface area (TPSA) is 57.6 Å². The van der Waals surface area contributed by atoms with E-state index in [1.807, 2.05) is 11.4 Å². The standard InChI is InChI=1S/C14H15NO3S/c1-10-6-13(17)15(14(10)18)8-12-7-11(9-19-12)4-2-3-5-16/h7,9-10,16H,3,5-6,8H2,1H3. The Morgan fingerprint density at radius 2 is 2.32 bits per heavy atom. The maximum absolute atomic E-state index is 11.8. The van der Waals surface area contributed by atoms with Crippen LogP contribution in [0.2, 0.25) is 0 Å². The molecule has 0 bridgehead atoms. The van der Waals surface area contributed by atoms with Crippen molar-refractivity contribution in [2.75, 3.05) is 6.61 Å². The normalized spacial score (nSPS) is 18.6. The first-order chi connectivity index (χ1) is 9.11. The second-order valence-electron chi connectivity index (χ2n) is 4.50. The van der Waals surface area contributed by atoms with Crippen LogP contribution in [-0.4, -0.2) is 28.4 Å². The van der Waals surface area contributed by atoms with Crippen LogP contribution in [0.25, 0.3) is 0 Å². The van der Waals surface area contributed by atoms with Crippen LogP contribution in [0.4, 0.5) is 0 Å². The number of carbonyl (C=O) groups is 2. The SMILES string of the molecule is CC1CC(=O)N(Cc2cc(C#CCCO)cs2)C1=O. The summed E-state index contributed by atoms with van der Waals surface area (Å²) >= 11 is 1.49. The molecule has 19 heavy (non-hydrogen) atoms. The fraction of sp³-hybridized carbons (Fsp3) is 0.429. The molecule has 1 N–H and O–H groups in total. The van der Waals surface area contributed by atoms with Gasteiger partial charge in [-0.2, -0.15) is 0 Å². The molecule has 1 unspecified atom stereocenters. The van der Waals surface area contributed by atoms with Crippen LogP contribution in [0.5, 0.6) is 0 Å². The van der Waals surface area contributed by atoms with Crippen molar-refractivity contribution in [1.29, 1.82) is 0 Å². The van der Waals surface area contributed by atoms with Crippen molar-refractivity contribution in [1.82, 2.24) is 4.90 Å². The van der Waals surface area contributed by atoms with E-state index in [0.717, 1.165) is 10.4 Å². The average molecular weight is 277 g/mol. The van der Waals surface area contributed by atoms with Crippen LogP contribution in [0, 0.1) is 17.8 Å². The lowest BCUT2D eigenvalue weighted by molar-refractivity contribution is -0.139. The molecule has 5 heteroatoms. The Kier molecular flexibility index (Phi) is 4.35. The molecule has 0 aliphatic carbocycles. The summed E-state index contributed by atoms with van der Waals surface area (Å²) < 4.78 is 0. The number of aliphatic hydroxyl groups excluding tert-OH is 1. The van der Waals surface area contributed by atoms with Gasteiger partial charge in [-0.3, -0.25) is 14.5 Å². The summed E-state index contributed by atoms with van der Waals surface area (Å²) in [7, 11) is 0. The molecule has 1 aromatic heterocycles. The lowest BCUT2D eigenvalue weighted by atomic mass is 10.1. The predicted octanol–water partition coefficient (Wildman–Crippen LogP) is 1.38. The average Bonchev–Trinajstić information content (AvgIpc) is 2.91. The number of amides is 2. The Morgan fingerprint density at radius 1 is 1.53 bits per heavy atom. The molecule has 1 fully saturated rings. The first kappa shape index (κ1) is 13.8. The summed E-state index contributed by atoms with van der Waals surface area (Å²) in [5.74, 6) is 5.39. The maximum Gasteiger partial charge on any atom is 0.232 e. The molecule has 1 aliphatic heterocycles. The van der Waals surface area contributed by atoms with E-state index in [1.54, 1.807) is 6.92 Å². The monoisotopic (exact) mass is 277 g/mol. The Balaban J connectivity index is 2.03. The van der Waals surface area contributed by atoms with E-state index in [-0.39, 0.29) is 24.3 Å². The Labute approximate surface area is 116 Å². The quantitative estimate of drug-likeness (QED) is 0.671. The third kappa shape index (κ3) is 3.22. The molecule has 1 saturated heterocycles. The number of imide groups is 1. The molecule has 1 aliphatic rings. The van der Waals surface area contributed by atoms with Crippen molar-refractivity contribution >= 4 is 23.2 Å². The minimum Gasteiger partial charge on any atom is -0.395 e. The van der Waals surface area contributed by atoms with E-state index < -0.39 is 0 Å². The summed E-state index contributed by atoms with van der Waals surface area (Å²) in [6, 6.07) is 1.89. The van der Waals surface area contributed by atoms with Crippen molar-refractivity contribution < 1.29 is 14.7 Å². The molecule has 1 aromatic rings.